The fraction of sp³-hybridized carbons (Fsp3) is 0.258. The number of benzene rings is 3. The summed E-state index contributed by atoms with van der Waals surface area (Å²) in [7, 11) is 0. The number of ether oxygens (including phenoxy) is 1. The van der Waals surface area contributed by atoms with Gasteiger partial charge in [0.2, 0.25) is 0 Å². The summed E-state index contributed by atoms with van der Waals surface area (Å²) in [5.74, 6) is 1.27. The van der Waals surface area contributed by atoms with E-state index >= 15 is 0 Å². The molecule has 0 radical (unpaired) electrons. The van der Waals surface area contributed by atoms with Crippen molar-refractivity contribution < 1.29 is 9.84 Å². The van der Waals surface area contributed by atoms with Crippen molar-refractivity contribution >= 4 is 0 Å². The lowest BCUT2D eigenvalue weighted by Crippen LogP contribution is -2.28. The Morgan fingerprint density at radius 3 is 2.41 bits per heavy atom. The maximum atomic E-state index is 13.8. The van der Waals surface area contributed by atoms with Crippen LogP contribution in [-0.2, 0) is 12.8 Å². The molecule has 0 spiro atoms. The van der Waals surface area contributed by atoms with E-state index in [1.165, 1.54) is 0 Å². The largest absolute Gasteiger partial charge is 0.488 e. The van der Waals surface area contributed by atoms with Crippen LogP contribution >= 0.6 is 0 Å². The van der Waals surface area contributed by atoms with Crippen LogP contribution in [0.15, 0.2) is 77.6 Å². The van der Waals surface area contributed by atoms with Crippen LogP contribution in [0, 0.1) is 18.3 Å². The predicted molar refractivity (Wildman–Crippen MR) is 145 cm³/mol. The minimum atomic E-state index is -0.309. The van der Waals surface area contributed by atoms with Gasteiger partial charge < -0.3 is 9.84 Å². The number of nitriles is 1. The molecular weight excluding hydrogens is 462 g/mol. The summed E-state index contributed by atoms with van der Waals surface area (Å²) < 4.78 is 7.30. The molecule has 1 unspecified atom stereocenters. The first-order valence-electron chi connectivity index (χ1n) is 12.5. The molecule has 4 aromatic rings. The zero-order chi connectivity index (χ0) is 26.4. The van der Waals surface area contributed by atoms with Crippen LogP contribution in [0.3, 0.4) is 0 Å². The Kier molecular flexibility index (Phi) is 8.17. The summed E-state index contributed by atoms with van der Waals surface area (Å²) in [5.41, 5.74) is 5.65. The number of hydrogen-bond acceptors (Lipinski definition) is 5. The van der Waals surface area contributed by atoms with Gasteiger partial charge in [0.1, 0.15) is 17.7 Å². The molecule has 0 saturated heterocycles. The molecule has 6 heteroatoms. The van der Waals surface area contributed by atoms with E-state index < -0.39 is 0 Å². The van der Waals surface area contributed by atoms with Gasteiger partial charge in [-0.25, -0.2) is 4.98 Å². The highest BCUT2D eigenvalue weighted by Gasteiger charge is 2.17. The smallest absolute Gasteiger partial charge is 0.261 e. The number of hydrogen-bond donors (Lipinski definition) is 1. The van der Waals surface area contributed by atoms with Gasteiger partial charge in [-0.2, -0.15) is 5.26 Å². The average Bonchev–Trinajstić information content (AvgIpc) is 2.92. The molecule has 0 fully saturated rings. The van der Waals surface area contributed by atoms with E-state index in [0.29, 0.717) is 34.8 Å². The second kappa shape index (κ2) is 11.7. The Balaban J connectivity index is 1.69. The van der Waals surface area contributed by atoms with Gasteiger partial charge in [0.15, 0.2) is 0 Å². The van der Waals surface area contributed by atoms with Gasteiger partial charge in [-0.05, 0) is 67.3 Å². The van der Waals surface area contributed by atoms with E-state index in [4.69, 9.17) is 9.72 Å². The quantitative estimate of drug-likeness (QED) is 0.338. The van der Waals surface area contributed by atoms with Crippen molar-refractivity contribution in [3.05, 3.63) is 111 Å². The van der Waals surface area contributed by atoms with Crippen LogP contribution < -0.4 is 10.3 Å². The highest BCUT2D eigenvalue weighted by Crippen LogP contribution is 2.25. The molecule has 6 nitrogen and oxygen atoms in total. The molecule has 0 saturated carbocycles. The van der Waals surface area contributed by atoms with Gasteiger partial charge in [-0.1, -0.05) is 55.8 Å². The Hall–Kier alpha value is -4.21. The van der Waals surface area contributed by atoms with E-state index in [2.05, 4.69) is 13.0 Å². The SMILES string of the molecule is CCCc1nc(C)n(-c2ccc(OC(C)CO)cc2)c(=O)c1Cc1ccc(-c2ccccc2C#N)cc1. The number of nitrogens with zero attached hydrogens (tertiary/aromatic N) is 3. The van der Waals surface area contributed by atoms with Gasteiger partial charge in [-0.3, -0.25) is 9.36 Å². The standard InChI is InChI=1S/C31H31N3O3/c1-4-7-30-29(18-23-10-12-24(13-11-23)28-9-6-5-8-25(28)19-32)31(36)34(22(3)33-30)26-14-16-27(17-15-26)37-21(2)20-35/h5-6,8-17,21,35H,4,7,18,20H2,1-3H3. The van der Waals surface area contributed by atoms with Crippen LogP contribution in [0.4, 0.5) is 0 Å². The monoisotopic (exact) mass is 493 g/mol. The normalized spacial score (nSPS) is 11.6. The minimum Gasteiger partial charge on any atom is -0.488 e. The zero-order valence-electron chi connectivity index (χ0n) is 21.4. The molecule has 4 rings (SSSR count). The lowest BCUT2D eigenvalue weighted by atomic mass is 9.97. The predicted octanol–water partition coefficient (Wildman–Crippen LogP) is 5.38. The molecule has 0 bridgehead atoms. The third-order valence-electron chi connectivity index (χ3n) is 6.30. The van der Waals surface area contributed by atoms with Crippen LogP contribution in [0.2, 0.25) is 0 Å². The Morgan fingerprint density at radius 2 is 1.76 bits per heavy atom. The molecule has 0 amide bonds. The third-order valence-corrected chi connectivity index (χ3v) is 6.30. The van der Waals surface area contributed by atoms with Crippen molar-refractivity contribution in [2.75, 3.05) is 6.61 Å². The molecule has 1 atom stereocenters. The van der Waals surface area contributed by atoms with Crippen molar-refractivity contribution in [3.63, 3.8) is 0 Å². The fourth-order valence-electron chi connectivity index (χ4n) is 4.43. The van der Waals surface area contributed by atoms with Crippen LogP contribution in [0.1, 0.15) is 48.5 Å². The average molecular weight is 494 g/mol. The number of rotatable bonds is 9. The maximum absolute atomic E-state index is 13.8. The summed E-state index contributed by atoms with van der Waals surface area (Å²) in [5, 5.41) is 18.7. The molecule has 0 aliphatic carbocycles. The third kappa shape index (κ3) is 5.79. The maximum Gasteiger partial charge on any atom is 0.261 e. The fourth-order valence-corrected chi connectivity index (χ4v) is 4.43. The summed E-state index contributed by atoms with van der Waals surface area (Å²) >= 11 is 0. The molecule has 1 heterocycles. The van der Waals surface area contributed by atoms with E-state index in [1.807, 2.05) is 67.6 Å². The van der Waals surface area contributed by atoms with Crippen molar-refractivity contribution in [3.8, 4) is 28.6 Å². The second-order valence-electron chi connectivity index (χ2n) is 9.11. The highest BCUT2D eigenvalue weighted by atomic mass is 16.5. The number of aliphatic hydroxyl groups excluding tert-OH is 1. The van der Waals surface area contributed by atoms with Gasteiger partial charge in [0.25, 0.3) is 5.56 Å². The highest BCUT2D eigenvalue weighted by molar-refractivity contribution is 5.70. The summed E-state index contributed by atoms with van der Waals surface area (Å²) in [4.78, 5) is 18.6. The molecule has 188 valence electrons. The molecule has 0 aliphatic heterocycles. The van der Waals surface area contributed by atoms with Gasteiger partial charge in [-0.15, -0.1) is 0 Å². The summed E-state index contributed by atoms with van der Waals surface area (Å²) in [6, 6.07) is 25.1. The zero-order valence-corrected chi connectivity index (χ0v) is 21.4. The summed E-state index contributed by atoms with van der Waals surface area (Å²) in [6.07, 6.45) is 1.78. The lowest BCUT2D eigenvalue weighted by Gasteiger charge is -2.17. The van der Waals surface area contributed by atoms with Crippen LogP contribution in [0.25, 0.3) is 16.8 Å². The van der Waals surface area contributed by atoms with Gasteiger partial charge in [0.05, 0.1) is 29.6 Å². The molecular formula is C31H31N3O3. The molecule has 1 N–H and O–H groups in total. The van der Waals surface area contributed by atoms with Crippen molar-refractivity contribution in [2.24, 2.45) is 0 Å². The molecule has 3 aromatic carbocycles. The van der Waals surface area contributed by atoms with Crippen LogP contribution in [-0.4, -0.2) is 27.4 Å². The van der Waals surface area contributed by atoms with Crippen molar-refractivity contribution in [1.29, 1.82) is 5.26 Å². The van der Waals surface area contributed by atoms with E-state index in [-0.39, 0.29) is 18.3 Å². The molecule has 1 aromatic heterocycles. The Morgan fingerprint density at radius 1 is 1.05 bits per heavy atom. The van der Waals surface area contributed by atoms with Gasteiger partial charge in [0, 0.05) is 12.0 Å². The van der Waals surface area contributed by atoms with E-state index in [9.17, 15) is 15.2 Å². The minimum absolute atomic E-state index is 0.0711. The number of aromatic nitrogens is 2. The molecule has 0 aliphatic rings. The Labute approximate surface area is 217 Å². The topological polar surface area (TPSA) is 88.1 Å². The summed E-state index contributed by atoms with van der Waals surface area (Å²) in [6.45, 7) is 5.65. The lowest BCUT2D eigenvalue weighted by molar-refractivity contribution is 0.130. The van der Waals surface area contributed by atoms with Crippen molar-refractivity contribution in [2.45, 2.75) is 46.1 Å². The first-order valence-corrected chi connectivity index (χ1v) is 12.5. The first-order chi connectivity index (χ1) is 17.9. The second-order valence-corrected chi connectivity index (χ2v) is 9.11. The number of aryl methyl sites for hydroxylation is 2. The van der Waals surface area contributed by atoms with E-state index in [1.54, 1.807) is 23.6 Å². The van der Waals surface area contributed by atoms with Crippen molar-refractivity contribution in [1.82, 2.24) is 9.55 Å². The number of aliphatic hydroxyl groups is 1. The molecule has 37 heavy (non-hydrogen) atoms. The van der Waals surface area contributed by atoms with E-state index in [0.717, 1.165) is 35.2 Å². The van der Waals surface area contributed by atoms with Gasteiger partial charge >= 0.3 is 0 Å². The first kappa shape index (κ1) is 25.9. The van der Waals surface area contributed by atoms with Crippen LogP contribution in [0.5, 0.6) is 5.75 Å². The Bertz CT molecular complexity index is 1470.